The summed E-state index contributed by atoms with van der Waals surface area (Å²) in [6.45, 7) is 10.4. The quantitative estimate of drug-likeness (QED) is 0.127. The van der Waals surface area contributed by atoms with E-state index >= 15 is 0 Å². The number of carbonyl (C=O) groups excluding carboxylic acids is 3. The van der Waals surface area contributed by atoms with E-state index in [9.17, 15) is 55.7 Å². The molecule has 0 saturated carbocycles. The first kappa shape index (κ1) is 55.0. The Balaban J connectivity index is 0.000000249. The summed E-state index contributed by atoms with van der Waals surface area (Å²) in [5.41, 5.74) is 4.64. The maximum absolute atomic E-state index is 12.8. The summed E-state index contributed by atoms with van der Waals surface area (Å²) < 4.78 is 99.1. The number of nitrogens with two attached hydrogens (primary N) is 1. The predicted octanol–water partition coefficient (Wildman–Crippen LogP) is 5.69. The molecular weight excluding hydrogens is 931 g/mol. The number of nitrogens with one attached hydrogen (secondary N) is 1. The number of aromatic nitrogens is 4. The van der Waals surface area contributed by atoms with Gasteiger partial charge in [0.15, 0.2) is 0 Å². The number of halogens is 6. The molecule has 2 aromatic carbocycles. The molecule has 2 saturated heterocycles. The van der Waals surface area contributed by atoms with Gasteiger partial charge in [-0.15, -0.1) is 10.2 Å². The molecule has 0 spiro atoms. The van der Waals surface area contributed by atoms with Crippen molar-refractivity contribution in [2.24, 2.45) is 5.73 Å². The first-order valence-corrected chi connectivity index (χ1v) is 21.1. The fourth-order valence-electron chi connectivity index (χ4n) is 6.72. The van der Waals surface area contributed by atoms with Gasteiger partial charge in [-0.1, -0.05) is 0 Å². The number of ether oxygens (including phenoxy) is 4. The zero-order valence-electron chi connectivity index (χ0n) is 39.0. The van der Waals surface area contributed by atoms with Gasteiger partial charge in [-0.2, -0.15) is 26.3 Å². The van der Waals surface area contributed by atoms with Crippen molar-refractivity contribution in [2.45, 2.75) is 115 Å². The van der Waals surface area contributed by atoms with Gasteiger partial charge in [0.2, 0.25) is 17.7 Å². The van der Waals surface area contributed by atoms with E-state index in [1.165, 1.54) is 58.9 Å². The van der Waals surface area contributed by atoms with Crippen molar-refractivity contribution in [1.82, 2.24) is 34.7 Å². The van der Waals surface area contributed by atoms with Gasteiger partial charge in [0.1, 0.15) is 23.3 Å². The van der Waals surface area contributed by atoms with Crippen molar-refractivity contribution in [3.63, 3.8) is 0 Å². The number of hydrogen-bond acceptors (Lipinski definition) is 13. The Bertz CT molecular complexity index is 2360. The van der Waals surface area contributed by atoms with Crippen LogP contribution in [0.2, 0.25) is 0 Å². The number of carboxylic acid groups (broad SMARTS) is 1. The molecule has 0 bridgehead atoms. The number of likely N-dealkylation sites (tertiary alicyclic amines) is 2. The predicted molar refractivity (Wildman–Crippen MR) is 232 cm³/mol. The average molecular weight is 987 g/mol. The van der Waals surface area contributed by atoms with Crippen LogP contribution in [0.15, 0.2) is 60.9 Å². The lowest BCUT2D eigenvalue weighted by molar-refractivity contribution is -0.142. The summed E-state index contributed by atoms with van der Waals surface area (Å²) in [7, 11) is 2.83. The number of β-amino-alcohol motifs (C(OH)–C–C–N with tert-alkyl or cyclic N) is 2. The fourth-order valence-corrected chi connectivity index (χ4v) is 6.72. The molecule has 0 unspecified atom stereocenters. The van der Waals surface area contributed by atoms with E-state index < -0.39 is 83.0 Å². The highest BCUT2D eigenvalue weighted by atomic mass is 19.4. The van der Waals surface area contributed by atoms with E-state index in [2.05, 4.69) is 15.5 Å². The van der Waals surface area contributed by atoms with Crippen molar-refractivity contribution in [2.75, 3.05) is 27.3 Å². The van der Waals surface area contributed by atoms with Crippen molar-refractivity contribution >= 4 is 24.1 Å². The second-order valence-corrected chi connectivity index (χ2v) is 17.6. The van der Waals surface area contributed by atoms with Crippen LogP contribution < -0.4 is 20.5 Å². The van der Waals surface area contributed by atoms with E-state index in [0.29, 0.717) is 28.4 Å². The van der Waals surface area contributed by atoms with Crippen LogP contribution in [0, 0.1) is 0 Å². The SMILES string of the molecule is CC(C)(C)OC(=O)N1C[C@@H](O)C[C@H]1C(=O)O.COc1nn(-c2ccc(C(F)(F)F)cc2)cc1CN.COc1nn(-c2ccc(C(F)(F)F)cc2)cc1CNC(=O)[C@@H]1C[C@H](O)CN1C(=O)OC(C)(C)C. The van der Waals surface area contributed by atoms with Crippen LogP contribution in [0.25, 0.3) is 11.4 Å². The normalized spacial score (nSPS) is 18.3. The molecule has 4 aromatic rings. The highest BCUT2D eigenvalue weighted by molar-refractivity contribution is 5.86. The highest BCUT2D eigenvalue weighted by Crippen LogP contribution is 2.32. The third kappa shape index (κ3) is 15.5. The molecule has 25 heteroatoms. The number of nitrogens with zero attached hydrogens (tertiary/aromatic N) is 6. The van der Waals surface area contributed by atoms with Crippen LogP contribution in [-0.4, -0.2) is 132 Å². The second-order valence-electron chi connectivity index (χ2n) is 17.6. The Labute approximate surface area is 392 Å². The monoisotopic (exact) mass is 986 g/mol. The summed E-state index contributed by atoms with van der Waals surface area (Å²) in [6, 6.07) is 7.23. The molecule has 4 atom stereocenters. The standard InChI is InChI=1S/C22H27F3N4O5.C12H12F3N3O.C10H17NO5/c1-21(2,3)34-20(32)28-12-16(30)9-17(28)18(31)26-10-13-11-29(27-19(13)33-4)15-7-5-14(6-8-15)22(23,24)25;1-19-11-8(6-16)7-18(17-11)10-4-2-9(3-5-10)12(13,14)15;1-10(2,3)16-9(15)11-5-6(12)4-7(11)8(13)14/h5-8,11,16-17,30H,9-10,12H2,1-4H3,(H,26,31);2-5,7H,6,16H2,1H3;6-7,12H,4-5H2,1-3H3,(H,13,14)/t16-,17-;;6-,7-/m0.0/s1. The smallest absolute Gasteiger partial charge is 0.416 e. The van der Waals surface area contributed by atoms with Crippen molar-refractivity contribution < 1.29 is 79.8 Å². The number of carboxylic acids is 1. The molecule has 3 amide bonds. The Morgan fingerprint density at radius 3 is 1.39 bits per heavy atom. The summed E-state index contributed by atoms with van der Waals surface area (Å²) in [4.78, 5) is 50.0. The molecule has 6 N–H and O–H groups in total. The number of hydrogen-bond donors (Lipinski definition) is 5. The number of aliphatic hydroxyl groups is 2. The number of aliphatic hydroxyl groups excluding tert-OH is 2. The van der Waals surface area contributed by atoms with Gasteiger partial charge in [-0.05, 0) is 90.1 Å². The minimum Gasteiger partial charge on any atom is -0.480 e. The molecule has 69 heavy (non-hydrogen) atoms. The molecule has 380 valence electrons. The molecular formula is C44H56F6N8O11. The molecule has 2 aromatic heterocycles. The number of methoxy groups -OCH3 is 2. The van der Waals surface area contributed by atoms with Crippen LogP contribution in [0.5, 0.6) is 11.8 Å². The lowest BCUT2D eigenvalue weighted by Crippen LogP contribution is -2.47. The largest absolute Gasteiger partial charge is 0.480 e. The number of alkyl halides is 6. The zero-order valence-corrected chi connectivity index (χ0v) is 39.0. The maximum atomic E-state index is 12.8. The van der Waals surface area contributed by atoms with Gasteiger partial charge in [0.25, 0.3) is 0 Å². The zero-order chi connectivity index (χ0) is 51.8. The van der Waals surface area contributed by atoms with E-state index in [1.54, 1.807) is 47.7 Å². The lowest BCUT2D eigenvalue weighted by Gasteiger charge is -2.27. The maximum Gasteiger partial charge on any atom is 0.416 e. The number of aliphatic carboxylic acids is 1. The first-order valence-electron chi connectivity index (χ1n) is 21.1. The van der Waals surface area contributed by atoms with Gasteiger partial charge in [0.05, 0.1) is 67.6 Å². The molecule has 2 aliphatic heterocycles. The van der Waals surface area contributed by atoms with Gasteiger partial charge in [-0.25, -0.2) is 23.7 Å². The van der Waals surface area contributed by atoms with Crippen LogP contribution in [-0.2, 0) is 44.5 Å². The van der Waals surface area contributed by atoms with Gasteiger partial charge in [0, 0.05) is 43.9 Å². The van der Waals surface area contributed by atoms with E-state index in [-0.39, 0.29) is 44.9 Å². The van der Waals surface area contributed by atoms with Crippen LogP contribution in [0.1, 0.15) is 76.6 Å². The summed E-state index contributed by atoms with van der Waals surface area (Å²) in [6.07, 6.45) is -8.58. The number of amides is 3. The molecule has 6 rings (SSSR count). The number of carbonyl (C=O) groups is 4. The minimum absolute atomic E-state index is 0.00583. The lowest BCUT2D eigenvalue weighted by atomic mass is 10.2. The average Bonchev–Trinajstić information content (AvgIpc) is 4.06. The van der Waals surface area contributed by atoms with Crippen molar-refractivity contribution in [1.29, 1.82) is 0 Å². The fraction of sp³-hybridized carbons (Fsp3) is 0.500. The van der Waals surface area contributed by atoms with Gasteiger partial charge < -0.3 is 45.3 Å². The molecule has 2 fully saturated rings. The third-order valence-corrected chi connectivity index (χ3v) is 9.88. The molecule has 4 heterocycles. The summed E-state index contributed by atoms with van der Waals surface area (Å²) in [5.74, 6) is -1.08. The summed E-state index contributed by atoms with van der Waals surface area (Å²) in [5, 5.41) is 39.2. The topological polar surface area (TPSA) is 246 Å². The Kier molecular flexibility index (Phi) is 17.7. The Hall–Kier alpha value is -6.60. The van der Waals surface area contributed by atoms with E-state index in [0.717, 1.165) is 29.2 Å². The Morgan fingerprint density at radius 2 is 1.04 bits per heavy atom. The van der Waals surface area contributed by atoms with Crippen LogP contribution in [0.4, 0.5) is 35.9 Å². The van der Waals surface area contributed by atoms with Gasteiger partial charge >= 0.3 is 30.5 Å². The summed E-state index contributed by atoms with van der Waals surface area (Å²) >= 11 is 0. The van der Waals surface area contributed by atoms with Gasteiger partial charge in [-0.3, -0.25) is 14.6 Å². The molecule has 2 aliphatic rings. The second kappa shape index (κ2) is 22.2. The molecule has 0 aliphatic carbocycles. The van der Waals surface area contributed by atoms with Crippen molar-refractivity contribution in [3.8, 4) is 23.1 Å². The van der Waals surface area contributed by atoms with E-state index in [4.69, 9.17) is 29.8 Å². The highest BCUT2D eigenvalue weighted by Gasteiger charge is 2.42. The van der Waals surface area contributed by atoms with Crippen LogP contribution in [0.3, 0.4) is 0 Å². The molecule has 19 nitrogen and oxygen atoms in total. The number of benzene rings is 2. The molecule has 0 radical (unpaired) electrons. The third-order valence-electron chi connectivity index (χ3n) is 9.88. The van der Waals surface area contributed by atoms with Crippen LogP contribution >= 0.6 is 0 Å². The van der Waals surface area contributed by atoms with Crippen molar-refractivity contribution in [3.05, 3.63) is 83.2 Å². The Morgan fingerprint density at radius 1 is 0.667 bits per heavy atom. The first-order chi connectivity index (χ1) is 31.9. The number of rotatable bonds is 9. The minimum atomic E-state index is -4.45. The van der Waals surface area contributed by atoms with E-state index in [1.807, 2.05) is 0 Å².